The molecule has 0 fully saturated rings. The third kappa shape index (κ3) is 11.4. The molecular weight excluding hydrogens is 212 g/mol. The Hall–Kier alpha value is -0.860. The molecule has 0 radical (unpaired) electrons. The van der Waals surface area contributed by atoms with Crippen LogP contribution < -0.4 is 0 Å². The van der Waals surface area contributed by atoms with Crippen LogP contribution in [0.15, 0.2) is 34.9 Å². The van der Waals surface area contributed by atoms with E-state index in [0.29, 0.717) is 0 Å². The zero-order valence-electron chi connectivity index (χ0n) is 11.6. The SMILES string of the molecule is CC(C)=CCC/C(C)=C\CC/C(C)=C/COO. The summed E-state index contributed by atoms with van der Waals surface area (Å²) in [6.45, 7) is 8.81. The Labute approximate surface area is 106 Å². The van der Waals surface area contributed by atoms with Gasteiger partial charge in [-0.05, 0) is 53.4 Å². The Kier molecular flexibility index (Phi) is 9.78. The van der Waals surface area contributed by atoms with Gasteiger partial charge in [-0.1, -0.05) is 34.9 Å². The van der Waals surface area contributed by atoms with E-state index in [2.05, 4.69) is 44.7 Å². The third-order valence-corrected chi connectivity index (χ3v) is 2.63. The van der Waals surface area contributed by atoms with Crippen LogP contribution in [0.3, 0.4) is 0 Å². The molecule has 2 nitrogen and oxygen atoms in total. The predicted molar refractivity (Wildman–Crippen MR) is 74.0 cm³/mol. The van der Waals surface area contributed by atoms with Gasteiger partial charge in [0.1, 0.15) is 6.61 Å². The van der Waals surface area contributed by atoms with E-state index in [0.717, 1.165) is 25.7 Å². The molecule has 0 unspecified atom stereocenters. The zero-order chi connectivity index (χ0) is 13.1. The highest BCUT2D eigenvalue weighted by Gasteiger charge is 1.91. The van der Waals surface area contributed by atoms with E-state index in [1.165, 1.54) is 16.7 Å². The topological polar surface area (TPSA) is 29.5 Å². The minimum absolute atomic E-state index is 0.287. The van der Waals surface area contributed by atoms with Gasteiger partial charge in [-0.2, -0.15) is 0 Å². The molecule has 0 aromatic heterocycles. The lowest BCUT2D eigenvalue weighted by Gasteiger charge is -2.01. The van der Waals surface area contributed by atoms with Crippen molar-refractivity contribution >= 4 is 0 Å². The molecule has 0 amide bonds. The molecule has 17 heavy (non-hydrogen) atoms. The minimum atomic E-state index is 0.287. The summed E-state index contributed by atoms with van der Waals surface area (Å²) in [5.41, 5.74) is 4.10. The van der Waals surface area contributed by atoms with Crippen LogP contribution in [0.1, 0.15) is 53.4 Å². The van der Waals surface area contributed by atoms with Crippen LogP contribution in [0.4, 0.5) is 0 Å². The maximum atomic E-state index is 8.21. The lowest BCUT2D eigenvalue weighted by Crippen LogP contribution is -1.86. The van der Waals surface area contributed by atoms with E-state index in [-0.39, 0.29) is 6.61 Å². The monoisotopic (exact) mass is 238 g/mol. The molecule has 2 heteroatoms. The molecular formula is C15H26O2. The number of allylic oxidation sites excluding steroid dienone is 5. The van der Waals surface area contributed by atoms with Crippen LogP contribution in [-0.2, 0) is 4.89 Å². The maximum absolute atomic E-state index is 8.21. The van der Waals surface area contributed by atoms with Crippen LogP contribution >= 0.6 is 0 Å². The van der Waals surface area contributed by atoms with Gasteiger partial charge < -0.3 is 0 Å². The molecule has 0 aromatic rings. The van der Waals surface area contributed by atoms with Crippen molar-refractivity contribution in [1.82, 2.24) is 0 Å². The van der Waals surface area contributed by atoms with Gasteiger partial charge in [0.05, 0.1) is 0 Å². The summed E-state index contributed by atoms with van der Waals surface area (Å²) in [7, 11) is 0. The van der Waals surface area contributed by atoms with Gasteiger partial charge in [-0.25, -0.2) is 4.89 Å². The van der Waals surface area contributed by atoms with Crippen molar-refractivity contribution in [1.29, 1.82) is 0 Å². The predicted octanol–water partition coefficient (Wildman–Crippen LogP) is 4.90. The lowest BCUT2D eigenvalue weighted by molar-refractivity contribution is -0.232. The summed E-state index contributed by atoms with van der Waals surface area (Å²) in [4.78, 5) is 4.02. The van der Waals surface area contributed by atoms with Crippen LogP contribution in [-0.4, -0.2) is 11.9 Å². The van der Waals surface area contributed by atoms with Crippen LogP contribution in [0.25, 0.3) is 0 Å². The second-order valence-electron chi connectivity index (χ2n) is 4.76. The maximum Gasteiger partial charge on any atom is 0.100 e. The Bertz CT molecular complexity index is 281. The average Bonchev–Trinajstić information content (AvgIpc) is 2.25. The van der Waals surface area contributed by atoms with Crippen molar-refractivity contribution in [2.75, 3.05) is 6.61 Å². The Morgan fingerprint density at radius 2 is 1.41 bits per heavy atom. The molecule has 0 bridgehead atoms. The molecule has 0 saturated carbocycles. The Morgan fingerprint density at radius 1 is 0.882 bits per heavy atom. The molecule has 0 aliphatic carbocycles. The molecule has 0 rings (SSSR count). The molecule has 0 atom stereocenters. The van der Waals surface area contributed by atoms with E-state index in [4.69, 9.17) is 5.26 Å². The first-order chi connectivity index (χ1) is 8.06. The van der Waals surface area contributed by atoms with Gasteiger partial charge in [-0.15, -0.1) is 0 Å². The Morgan fingerprint density at radius 3 is 1.94 bits per heavy atom. The first-order valence-corrected chi connectivity index (χ1v) is 6.27. The van der Waals surface area contributed by atoms with Crippen LogP contribution in [0.2, 0.25) is 0 Å². The second-order valence-corrected chi connectivity index (χ2v) is 4.76. The molecule has 0 spiro atoms. The highest BCUT2D eigenvalue weighted by molar-refractivity contribution is 5.05. The summed E-state index contributed by atoms with van der Waals surface area (Å²) in [5, 5.41) is 8.21. The Balaban J connectivity index is 3.80. The van der Waals surface area contributed by atoms with E-state index < -0.39 is 0 Å². The largest absolute Gasteiger partial charge is 0.252 e. The van der Waals surface area contributed by atoms with E-state index >= 15 is 0 Å². The van der Waals surface area contributed by atoms with Crippen molar-refractivity contribution in [3.05, 3.63) is 34.9 Å². The summed E-state index contributed by atoms with van der Waals surface area (Å²) >= 11 is 0. The first kappa shape index (κ1) is 16.1. The molecule has 0 aromatic carbocycles. The quantitative estimate of drug-likeness (QED) is 0.370. The van der Waals surface area contributed by atoms with E-state index in [1.807, 2.05) is 6.08 Å². The van der Waals surface area contributed by atoms with Crippen molar-refractivity contribution < 1.29 is 10.1 Å². The van der Waals surface area contributed by atoms with E-state index in [1.54, 1.807) is 0 Å². The summed E-state index contributed by atoms with van der Waals surface area (Å²) in [6.07, 6.45) is 10.9. The molecule has 0 aliphatic rings. The first-order valence-electron chi connectivity index (χ1n) is 6.27. The fraction of sp³-hybridized carbons (Fsp3) is 0.600. The third-order valence-electron chi connectivity index (χ3n) is 2.63. The van der Waals surface area contributed by atoms with Crippen molar-refractivity contribution in [3.63, 3.8) is 0 Å². The normalized spacial score (nSPS) is 12.8. The van der Waals surface area contributed by atoms with Crippen molar-refractivity contribution in [2.45, 2.75) is 53.4 Å². The van der Waals surface area contributed by atoms with Gasteiger partial charge in [-0.3, -0.25) is 5.26 Å². The highest BCUT2D eigenvalue weighted by atomic mass is 17.1. The van der Waals surface area contributed by atoms with Crippen molar-refractivity contribution in [3.8, 4) is 0 Å². The highest BCUT2D eigenvalue weighted by Crippen LogP contribution is 2.11. The zero-order valence-corrected chi connectivity index (χ0v) is 11.6. The fourth-order valence-electron chi connectivity index (χ4n) is 1.52. The molecule has 98 valence electrons. The summed E-state index contributed by atoms with van der Waals surface area (Å²) in [6, 6.07) is 0. The molecule has 0 saturated heterocycles. The number of hydrogen-bond acceptors (Lipinski definition) is 2. The van der Waals surface area contributed by atoms with Gasteiger partial charge in [0, 0.05) is 0 Å². The van der Waals surface area contributed by atoms with Crippen molar-refractivity contribution in [2.24, 2.45) is 0 Å². The average molecular weight is 238 g/mol. The summed E-state index contributed by atoms with van der Waals surface area (Å²) in [5.74, 6) is 0. The smallest absolute Gasteiger partial charge is 0.100 e. The number of rotatable bonds is 8. The van der Waals surface area contributed by atoms with Gasteiger partial charge in [0.2, 0.25) is 0 Å². The fourth-order valence-corrected chi connectivity index (χ4v) is 1.52. The van der Waals surface area contributed by atoms with E-state index in [9.17, 15) is 0 Å². The van der Waals surface area contributed by atoms with Gasteiger partial charge >= 0.3 is 0 Å². The molecule has 0 heterocycles. The van der Waals surface area contributed by atoms with Gasteiger partial charge in [0.15, 0.2) is 0 Å². The van der Waals surface area contributed by atoms with Crippen LogP contribution in [0.5, 0.6) is 0 Å². The number of hydrogen-bond donors (Lipinski definition) is 1. The second kappa shape index (κ2) is 10.3. The molecule has 0 aliphatic heterocycles. The minimum Gasteiger partial charge on any atom is -0.252 e. The summed E-state index contributed by atoms with van der Waals surface area (Å²) < 4.78 is 0. The molecule has 1 N–H and O–H groups in total. The lowest BCUT2D eigenvalue weighted by atomic mass is 10.1. The van der Waals surface area contributed by atoms with Crippen LogP contribution in [0, 0.1) is 0 Å². The van der Waals surface area contributed by atoms with Gasteiger partial charge in [0.25, 0.3) is 0 Å². The standard InChI is InChI=1S/C15H26O2/c1-13(2)7-5-8-14(3)9-6-10-15(4)11-12-17-16/h7,9,11,16H,5-6,8,10,12H2,1-4H3/b14-9-,15-11+.